The number of nitrogens with zero attached hydrogens (tertiary/aromatic N) is 2. The number of hydrogen-bond acceptors (Lipinski definition) is 5. The number of anilines is 1. The molecule has 98 valence electrons. The first-order valence-corrected chi connectivity index (χ1v) is 5.52. The van der Waals surface area contributed by atoms with E-state index in [9.17, 15) is 19.6 Å². The molecule has 18 heavy (non-hydrogen) atoms. The molecular formula is C11H13FN2O4. The summed E-state index contributed by atoms with van der Waals surface area (Å²) >= 11 is 0. The van der Waals surface area contributed by atoms with Crippen LogP contribution in [0.25, 0.3) is 0 Å². The van der Waals surface area contributed by atoms with Crippen molar-refractivity contribution < 1.29 is 19.2 Å². The molecule has 1 fully saturated rings. The first-order chi connectivity index (χ1) is 8.63. The van der Waals surface area contributed by atoms with Gasteiger partial charge in [-0.05, 0) is 6.07 Å². The maximum absolute atomic E-state index is 13.3. The zero-order chi connectivity index (χ0) is 13.1. The lowest BCUT2D eigenvalue weighted by molar-refractivity contribution is -0.384. The number of rotatable bonds is 3. The molecule has 7 heteroatoms. The molecule has 1 unspecified atom stereocenters. The van der Waals surface area contributed by atoms with Crippen molar-refractivity contribution in [3.05, 3.63) is 34.1 Å². The summed E-state index contributed by atoms with van der Waals surface area (Å²) in [5, 5.41) is 20.2. The normalized spacial score (nSPS) is 19.9. The zero-order valence-corrected chi connectivity index (χ0v) is 9.58. The molecule has 1 aromatic carbocycles. The number of benzene rings is 1. The van der Waals surface area contributed by atoms with Crippen LogP contribution in [0.15, 0.2) is 18.2 Å². The lowest BCUT2D eigenvalue weighted by atomic mass is 10.1. The molecule has 0 aliphatic carbocycles. The quantitative estimate of drug-likeness (QED) is 0.643. The van der Waals surface area contributed by atoms with Gasteiger partial charge in [0.15, 0.2) is 0 Å². The van der Waals surface area contributed by atoms with E-state index >= 15 is 0 Å². The molecule has 0 spiro atoms. The van der Waals surface area contributed by atoms with E-state index in [1.54, 1.807) is 4.90 Å². The van der Waals surface area contributed by atoms with Gasteiger partial charge in [0.2, 0.25) is 0 Å². The number of hydrogen-bond donors (Lipinski definition) is 1. The highest BCUT2D eigenvalue weighted by atomic mass is 19.1. The maximum atomic E-state index is 13.3. The second kappa shape index (κ2) is 5.28. The van der Waals surface area contributed by atoms with Crippen LogP contribution in [0.4, 0.5) is 15.8 Å². The number of morpholine rings is 1. The van der Waals surface area contributed by atoms with E-state index in [0.717, 1.165) is 18.2 Å². The van der Waals surface area contributed by atoms with Gasteiger partial charge >= 0.3 is 0 Å². The molecule has 2 rings (SSSR count). The molecule has 1 aromatic rings. The highest BCUT2D eigenvalue weighted by Gasteiger charge is 2.28. The minimum atomic E-state index is -0.557. The third kappa shape index (κ3) is 2.41. The van der Waals surface area contributed by atoms with Gasteiger partial charge < -0.3 is 14.7 Å². The molecule has 1 heterocycles. The minimum Gasteiger partial charge on any atom is -0.394 e. The van der Waals surface area contributed by atoms with Crippen LogP contribution in [0, 0.1) is 15.9 Å². The van der Waals surface area contributed by atoms with Gasteiger partial charge in [-0.1, -0.05) is 0 Å². The van der Waals surface area contributed by atoms with Crippen molar-refractivity contribution >= 4 is 11.4 Å². The van der Waals surface area contributed by atoms with Crippen molar-refractivity contribution in [3.63, 3.8) is 0 Å². The summed E-state index contributed by atoms with van der Waals surface area (Å²) in [6.45, 7) is 0.845. The summed E-state index contributed by atoms with van der Waals surface area (Å²) in [5.74, 6) is -0.543. The van der Waals surface area contributed by atoms with Gasteiger partial charge in [0.05, 0.1) is 30.8 Å². The molecule has 1 aliphatic heterocycles. The van der Waals surface area contributed by atoms with Crippen molar-refractivity contribution in [1.82, 2.24) is 0 Å². The number of nitro groups is 1. The third-order valence-corrected chi connectivity index (χ3v) is 2.88. The van der Waals surface area contributed by atoms with E-state index in [2.05, 4.69) is 0 Å². The molecule has 0 saturated carbocycles. The standard InChI is InChI=1S/C11H13FN2O4/c12-8-1-2-10(14(16)17)11(5-8)13-3-4-18-7-9(13)6-15/h1-2,5,9,15H,3-4,6-7H2. The zero-order valence-electron chi connectivity index (χ0n) is 9.58. The van der Waals surface area contributed by atoms with Crippen molar-refractivity contribution in [2.75, 3.05) is 31.3 Å². The lowest BCUT2D eigenvalue weighted by Gasteiger charge is -2.35. The van der Waals surface area contributed by atoms with Crippen LogP contribution in [0.1, 0.15) is 0 Å². The maximum Gasteiger partial charge on any atom is 0.292 e. The Morgan fingerprint density at radius 1 is 1.61 bits per heavy atom. The molecule has 1 saturated heterocycles. The van der Waals surface area contributed by atoms with Crippen LogP contribution in [0.5, 0.6) is 0 Å². The first kappa shape index (κ1) is 12.7. The molecule has 0 radical (unpaired) electrons. The smallest absolute Gasteiger partial charge is 0.292 e. The van der Waals surface area contributed by atoms with Gasteiger partial charge in [-0.25, -0.2) is 4.39 Å². The van der Waals surface area contributed by atoms with Crippen molar-refractivity contribution in [2.45, 2.75) is 6.04 Å². The number of aliphatic hydroxyl groups excluding tert-OH is 1. The molecular weight excluding hydrogens is 243 g/mol. The Morgan fingerprint density at radius 3 is 3.06 bits per heavy atom. The second-order valence-corrected chi connectivity index (χ2v) is 3.99. The number of halogens is 1. The molecule has 1 N–H and O–H groups in total. The lowest BCUT2D eigenvalue weighted by Crippen LogP contribution is -2.47. The van der Waals surface area contributed by atoms with Crippen LogP contribution >= 0.6 is 0 Å². The summed E-state index contributed by atoms with van der Waals surface area (Å²) in [6.07, 6.45) is 0. The Bertz CT molecular complexity index is 455. The summed E-state index contributed by atoms with van der Waals surface area (Å²) in [5.41, 5.74) is 0.0131. The highest BCUT2D eigenvalue weighted by Crippen LogP contribution is 2.31. The van der Waals surface area contributed by atoms with E-state index < -0.39 is 10.7 Å². The highest BCUT2D eigenvalue weighted by molar-refractivity contribution is 5.64. The van der Waals surface area contributed by atoms with Crippen LogP contribution in [-0.4, -0.2) is 42.4 Å². The van der Waals surface area contributed by atoms with E-state index in [4.69, 9.17) is 4.74 Å². The molecule has 6 nitrogen and oxygen atoms in total. The van der Waals surface area contributed by atoms with Crippen LogP contribution < -0.4 is 4.90 Å². The van der Waals surface area contributed by atoms with E-state index in [-0.39, 0.29) is 30.6 Å². The Kier molecular flexibility index (Phi) is 3.73. The minimum absolute atomic E-state index is 0.170. The Morgan fingerprint density at radius 2 is 2.39 bits per heavy atom. The Hall–Kier alpha value is -1.73. The number of aliphatic hydroxyl groups is 1. The molecule has 0 amide bonds. The summed E-state index contributed by atoms with van der Waals surface area (Å²) in [7, 11) is 0. The van der Waals surface area contributed by atoms with Gasteiger partial charge in [-0.15, -0.1) is 0 Å². The van der Waals surface area contributed by atoms with E-state index in [1.807, 2.05) is 0 Å². The first-order valence-electron chi connectivity index (χ1n) is 5.52. The average molecular weight is 256 g/mol. The average Bonchev–Trinajstić information content (AvgIpc) is 2.38. The third-order valence-electron chi connectivity index (χ3n) is 2.88. The summed E-state index contributed by atoms with van der Waals surface area (Å²) in [6, 6.07) is 2.91. The fourth-order valence-electron chi connectivity index (χ4n) is 2.00. The van der Waals surface area contributed by atoms with Crippen LogP contribution in [0.3, 0.4) is 0 Å². The Labute approximate surface area is 103 Å². The molecule has 1 aliphatic rings. The molecule has 0 bridgehead atoms. The largest absolute Gasteiger partial charge is 0.394 e. The van der Waals surface area contributed by atoms with Crippen molar-refractivity contribution in [3.8, 4) is 0 Å². The fourth-order valence-corrected chi connectivity index (χ4v) is 2.00. The van der Waals surface area contributed by atoms with E-state index in [0.29, 0.717) is 13.2 Å². The van der Waals surface area contributed by atoms with Gasteiger partial charge in [0, 0.05) is 18.7 Å². The summed E-state index contributed by atoms with van der Waals surface area (Å²) < 4.78 is 18.4. The number of ether oxygens (including phenoxy) is 1. The van der Waals surface area contributed by atoms with Gasteiger partial charge in [0.25, 0.3) is 5.69 Å². The van der Waals surface area contributed by atoms with Gasteiger partial charge in [0.1, 0.15) is 11.5 Å². The Balaban J connectivity index is 2.41. The van der Waals surface area contributed by atoms with Crippen LogP contribution in [-0.2, 0) is 4.74 Å². The van der Waals surface area contributed by atoms with Crippen LogP contribution in [0.2, 0.25) is 0 Å². The predicted octanol–water partition coefficient (Wildman–Crippen LogP) is 0.931. The second-order valence-electron chi connectivity index (χ2n) is 3.99. The molecule has 1 atom stereocenters. The monoisotopic (exact) mass is 256 g/mol. The van der Waals surface area contributed by atoms with Gasteiger partial charge in [-0.2, -0.15) is 0 Å². The van der Waals surface area contributed by atoms with Crippen molar-refractivity contribution in [1.29, 1.82) is 0 Å². The summed E-state index contributed by atoms with van der Waals surface area (Å²) in [4.78, 5) is 12.0. The number of nitro benzene ring substituents is 1. The molecule has 0 aromatic heterocycles. The predicted molar refractivity (Wildman–Crippen MR) is 62.1 cm³/mol. The van der Waals surface area contributed by atoms with E-state index in [1.165, 1.54) is 0 Å². The van der Waals surface area contributed by atoms with Gasteiger partial charge in [-0.3, -0.25) is 10.1 Å². The SMILES string of the molecule is O=[N+]([O-])c1ccc(F)cc1N1CCOCC1CO. The topological polar surface area (TPSA) is 75.8 Å². The fraction of sp³-hybridized carbons (Fsp3) is 0.455. The van der Waals surface area contributed by atoms with Crippen molar-refractivity contribution in [2.24, 2.45) is 0 Å².